The number of carbonyl (C=O) groups is 1. The van der Waals surface area contributed by atoms with Gasteiger partial charge in [-0.1, -0.05) is 24.3 Å². The molecule has 1 N–H and O–H groups in total. The summed E-state index contributed by atoms with van der Waals surface area (Å²) in [5.74, 6) is 0.483. The van der Waals surface area contributed by atoms with Gasteiger partial charge in [0.2, 0.25) is 0 Å². The first-order chi connectivity index (χ1) is 11.3. The third kappa shape index (κ3) is 1.76. The average molecular weight is 304 g/mol. The largest absolute Gasteiger partial charge is 0.330 e. The third-order valence-electron chi connectivity index (χ3n) is 5.18. The van der Waals surface area contributed by atoms with Crippen LogP contribution in [0.1, 0.15) is 46.4 Å². The Bertz CT molecular complexity index is 916. The summed E-state index contributed by atoms with van der Waals surface area (Å²) in [5, 5.41) is 7.85. The monoisotopic (exact) mass is 304 g/mol. The lowest BCUT2D eigenvalue weighted by atomic mass is 9.75. The maximum Gasteiger partial charge on any atom is 0.273 e. The fourth-order valence-electron chi connectivity index (χ4n) is 4.12. The van der Waals surface area contributed by atoms with Crippen molar-refractivity contribution < 1.29 is 4.79 Å². The third-order valence-corrected chi connectivity index (χ3v) is 5.18. The molecule has 0 spiro atoms. The van der Waals surface area contributed by atoms with Gasteiger partial charge in [0.1, 0.15) is 5.69 Å². The molecule has 5 heteroatoms. The molecule has 3 aliphatic rings. The van der Waals surface area contributed by atoms with Gasteiger partial charge in [0.15, 0.2) is 5.65 Å². The number of carbonyl (C=O) groups excluding carboxylic acids is 1. The number of hydrogen-bond acceptors (Lipinski definition) is 3. The van der Waals surface area contributed by atoms with Crippen LogP contribution >= 0.6 is 0 Å². The van der Waals surface area contributed by atoms with E-state index in [0.29, 0.717) is 17.3 Å². The summed E-state index contributed by atoms with van der Waals surface area (Å²) in [7, 11) is 0. The summed E-state index contributed by atoms with van der Waals surface area (Å²) < 4.78 is 0. The van der Waals surface area contributed by atoms with Gasteiger partial charge in [-0.15, -0.1) is 0 Å². The minimum absolute atomic E-state index is 0.0321. The van der Waals surface area contributed by atoms with E-state index < -0.39 is 0 Å². The molecule has 5 nitrogen and oxygen atoms in total. The number of fused-ring (bicyclic) bond motifs is 3. The number of aromatic amines is 1. The Labute approximate surface area is 133 Å². The van der Waals surface area contributed by atoms with E-state index in [1.165, 1.54) is 11.1 Å². The number of hydrogen-bond donors (Lipinski definition) is 1. The molecular weight excluding hydrogens is 288 g/mol. The van der Waals surface area contributed by atoms with Crippen LogP contribution in [0, 0.1) is 0 Å². The second-order valence-corrected chi connectivity index (χ2v) is 6.35. The first-order valence-corrected chi connectivity index (χ1v) is 8.02. The van der Waals surface area contributed by atoms with Gasteiger partial charge in [-0.25, -0.2) is 4.98 Å². The Morgan fingerprint density at radius 2 is 2.00 bits per heavy atom. The Balaban J connectivity index is 1.57. The van der Waals surface area contributed by atoms with Crippen molar-refractivity contribution in [1.82, 2.24) is 20.1 Å². The number of aromatic nitrogens is 3. The SMILES string of the molecule is O=C(c1[nH]nc2ncccc12)N1C[C@@H]2CC[C@H]1c1ccccc12. The predicted molar refractivity (Wildman–Crippen MR) is 86.1 cm³/mol. The molecule has 0 saturated carbocycles. The lowest BCUT2D eigenvalue weighted by Crippen LogP contribution is -2.45. The van der Waals surface area contributed by atoms with Gasteiger partial charge < -0.3 is 4.90 Å². The molecule has 114 valence electrons. The van der Waals surface area contributed by atoms with Crippen molar-refractivity contribution in [1.29, 1.82) is 0 Å². The van der Waals surface area contributed by atoms with Gasteiger partial charge in [0.05, 0.1) is 11.4 Å². The van der Waals surface area contributed by atoms with Gasteiger partial charge in [0, 0.05) is 18.7 Å². The highest BCUT2D eigenvalue weighted by atomic mass is 16.2. The zero-order valence-corrected chi connectivity index (χ0v) is 12.6. The first-order valence-electron chi connectivity index (χ1n) is 8.02. The highest BCUT2D eigenvalue weighted by Crippen LogP contribution is 2.47. The van der Waals surface area contributed by atoms with Gasteiger partial charge in [0.25, 0.3) is 5.91 Å². The molecule has 4 heterocycles. The minimum atomic E-state index is 0.0321. The zero-order valence-electron chi connectivity index (χ0n) is 12.6. The molecule has 1 amide bonds. The number of nitrogens with one attached hydrogen (secondary N) is 1. The summed E-state index contributed by atoms with van der Waals surface area (Å²) in [4.78, 5) is 19.3. The molecule has 2 aliphatic heterocycles. The number of rotatable bonds is 1. The van der Waals surface area contributed by atoms with Crippen LogP contribution in [0.15, 0.2) is 42.6 Å². The number of benzene rings is 1. The highest BCUT2D eigenvalue weighted by molar-refractivity contribution is 6.04. The van der Waals surface area contributed by atoms with Gasteiger partial charge in [-0.2, -0.15) is 5.10 Å². The molecule has 2 aromatic heterocycles. The maximum absolute atomic E-state index is 13.1. The molecule has 2 atom stereocenters. The summed E-state index contributed by atoms with van der Waals surface area (Å²) in [6.07, 6.45) is 3.89. The fraction of sp³-hybridized carbons (Fsp3) is 0.278. The van der Waals surface area contributed by atoms with Crippen molar-refractivity contribution in [2.45, 2.75) is 24.8 Å². The molecule has 1 aliphatic carbocycles. The summed E-state index contributed by atoms with van der Waals surface area (Å²) in [6, 6.07) is 12.5. The Morgan fingerprint density at radius 3 is 2.91 bits per heavy atom. The Kier molecular flexibility index (Phi) is 2.59. The molecule has 2 bridgehead atoms. The minimum Gasteiger partial charge on any atom is -0.330 e. The maximum atomic E-state index is 13.1. The van der Waals surface area contributed by atoms with E-state index in [1.807, 2.05) is 17.0 Å². The van der Waals surface area contributed by atoms with E-state index in [2.05, 4.69) is 39.4 Å². The van der Waals surface area contributed by atoms with Crippen LogP contribution in [-0.4, -0.2) is 32.5 Å². The lowest BCUT2D eigenvalue weighted by molar-refractivity contribution is 0.0537. The molecular formula is C18H16N4O. The lowest BCUT2D eigenvalue weighted by Gasteiger charge is -2.46. The number of H-pyrrole nitrogens is 1. The molecule has 23 heavy (non-hydrogen) atoms. The van der Waals surface area contributed by atoms with E-state index >= 15 is 0 Å². The molecule has 1 aromatic carbocycles. The van der Waals surface area contributed by atoms with Crippen molar-refractivity contribution in [3.05, 3.63) is 59.4 Å². The van der Waals surface area contributed by atoms with Crippen molar-refractivity contribution >= 4 is 16.9 Å². The van der Waals surface area contributed by atoms with E-state index in [4.69, 9.17) is 0 Å². The van der Waals surface area contributed by atoms with Crippen molar-refractivity contribution in [2.24, 2.45) is 0 Å². The predicted octanol–water partition coefficient (Wildman–Crippen LogP) is 3.03. The number of nitrogens with zero attached hydrogens (tertiary/aromatic N) is 3. The number of piperidine rings is 1. The van der Waals surface area contributed by atoms with E-state index in [0.717, 1.165) is 24.8 Å². The van der Waals surface area contributed by atoms with Crippen LogP contribution in [-0.2, 0) is 0 Å². The van der Waals surface area contributed by atoms with E-state index in [1.54, 1.807) is 6.20 Å². The van der Waals surface area contributed by atoms with Crippen LogP contribution in [0.25, 0.3) is 11.0 Å². The van der Waals surface area contributed by atoms with E-state index in [-0.39, 0.29) is 11.9 Å². The quantitative estimate of drug-likeness (QED) is 0.751. The van der Waals surface area contributed by atoms with Crippen molar-refractivity contribution in [3.63, 3.8) is 0 Å². The average Bonchev–Trinajstić information content (AvgIpc) is 3.06. The molecule has 1 fully saturated rings. The zero-order chi connectivity index (χ0) is 15.4. The molecule has 6 rings (SSSR count). The highest BCUT2D eigenvalue weighted by Gasteiger charge is 2.41. The van der Waals surface area contributed by atoms with Crippen LogP contribution in [0.2, 0.25) is 0 Å². The molecule has 0 radical (unpaired) electrons. The van der Waals surface area contributed by atoms with Crippen molar-refractivity contribution in [3.8, 4) is 0 Å². The number of pyridine rings is 1. The fourth-order valence-corrected chi connectivity index (χ4v) is 4.12. The molecule has 0 unspecified atom stereocenters. The normalized spacial score (nSPS) is 22.3. The van der Waals surface area contributed by atoms with Gasteiger partial charge in [-0.3, -0.25) is 9.89 Å². The van der Waals surface area contributed by atoms with Crippen LogP contribution in [0.4, 0.5) is 0 Å². The van der Waals surface area contributed by atoms with Crippen molar-refractivity contribution in [2.75, 3.05) is 6.54 Å². The Hall–Kier alpha value is -2.69. The second-order valence-electron chi connectivity index (χ2n) is 6.35. The van der Waals surface area contributed by atoms with Gasteiger partial charge in [-0.05, 0) is 36.1 Å². The van der Waals surface area contributed by atoms with Crippen LogP contribution in [0.3, 0.4) is 0 Å². The smallest absolute Gasteiger partial charge is 0.273 e. The van der Waals surface area contributed by atoms with Gasteiger partial charge >= 0.3 is 0 Å². The number of amides is 1. The summed E-state index contributed by atoms with van der Waals surface area (Å²) >= 11 is 0. The summed E-state index contributed by atoms with van der Waals surface area (Å²) in [6.45, 7) is 0.793. The molecule has 3 aromatic rings. The van der Waals surface area contributed by atoms with Crippen LogP contribution in [0.5, 0.6) is 0 Å². The molecule has 1 saturated heterocycles. The van der Waals surface area contributed by atoms with E-state index in [9.17, 15) is 4.79 Å². The second kappa shape index (κ2) is 4.65. The summed E-state index contributed by atoms with van der Waals surface area (Å²) in [5.41, 5.74) is 3.88. The topological polar surface area (TPSA) is 61.9 Å². The first kappa shape index (κ1) is 12.8. The Morgan fingerprint density at radius 1 is 1.13 bits per heavy atom. The van der Waals surface area contributed by atoms with Crippen LogP contribution < -0.4 is 0 Å². The standard InChI is InChI=1S/C18H16N4O/c23-18(16-14-6-3-9-19-17(14)21-20-16)22-10-11-7-8-15(22)13-5-2-1-4-12(11)13/h1-6,9,11,15H,7-8,10H2,(H,19,20,21)/t11-,15-/m0/s1.